The molecule has 0 spiro atoms. The van der Waals surface area contributed by atoms with E-state index in [0.29, 0.717) is 12.1 Å². The zero-order chi connectivity index (χ0) is 13.8. The van der Waals surface area contributed by atoms with Crippen molar-refractivity contribution in [3.05, 3.63) is 59.3 Å². The monoisotopic (exact) mass is 263 g/mol. The van der Waals surface area contributed by atoms with Gasteiger partial charge in [-0.05, 0) is 36.8 Å². The molecule has 1 heterocycles. The SMILES string of the molecule is CC(NCc1ccc(C(=O)O)c(F)c1)c1ccco1. The van der Waals surface area contributed by atoms with Crippen LogP contribution < -0.4 is 5.32 Å². The number of benzene rings is 1. The first-order chi connectivity index (χ1) is 9.08. The molecule has 1 aromatic carbocycles. The molecule has 0 bridgehead atoms. The van der Waals surface area contributed by atoms with Crippen LogP contribution in [-0.2, 0) is 6.54 Å². The molecule has 0 radical (unpaired) electrons. The summed E-state index contributed by atoms with van der Waals surface area (Å²) in [5.41, 5.74) is 0.365. The molecule has 1 aromatic heterocycles. The highest BCUT2D eigenvalue weighted by Gasteiger charge is 2.11. The Morgan fingerprint density at radius 2 is 2.26 bits per heavy atom. The summed E-state index contributed by atoms with van der Waals surface area (Å²) in [6.07, 6.45) is 1.59. The van der Waals surface area contributed by atoms with Gasteiger partial charge in [0.25, 0.3) is 0 Å². The Hall–Kier alpha value is -2.14. The maximum Gasteiger partial charge on any atom is 0.338 e. The molecule has 0 saturated carbocycles. The van der Waals surface area contributed by atoms with Gasteiger partial charge >= 0.3 is 5.97 Å². The minimum Gasteiger partial charge on any atom is -0.478 e. The predicted molar refractivity (Wildman–Crippen MR) is 67.3 cm³/mol. The van der Waals surface area contributed by atoms with Gasteiger partial charge in [0.15, 0.2) is 0 Å². The summed E-state index contributed by atoms with van der Waals surface area (Å²) < 4.78 is 18.7. The fourth-order valence-electron chi connectivity index (χ4n) is 1.75. The average molecular weight is 263 g/mol. The van der Waals surface area contributed by atoms with Gasteiger partial charge in [0.2, 0.25) is 0 Å². The van der Waals surface area contributed by atoms with E-state index in [1.54, 1.807) is 18.4 Å². The topological polar surface area (TPSA) is 62.5 Å². The van der Waals surface area contributed by atoms with Gasteiger partial charge in [0.05, 0.1) is 17.9 Å². The number of rotatable bonds is 5. The van der Waals surface area contributed by atoms with Crippen molar-refractivity contribution >= 4 is 5.97 Å². The van der Waals surface area contributed by atoms with Crippen molar-refractivity contribution in [3.8, 4) is 0 Å². The number of furan rings is 1. The second-order valence-corrected chi connectivity index (χ2v) is 4.24. The third-order valence-corrected chi connectivity index (χ3v) is 2.85. The highest BCUT2D eigenvalue weighted by molar-refractivity contribution is 5.87. The molecule has 2 aromatic rings. The number of carboxylic acid groups (broad SMARTS) is 1. The van der Waals surface area contributed by atoms with Crippen molar-refractivity contribution in [1.82, 2.24) is 5.32 Å². The van der Waals surface area contributed by atoms with Crippen LogP contribution in [0.15, 0.2) is 41.0 Å². The van der Waals surface area contributed by atoms with Crippen LogP contribution in [0.1, 0.15) is 34.6 Å². The van der Waals surface area contributed by atoms with Gasteiger partial charge in [0.1, 0.15) is 11.6 Å². The molecule has 0 aliphatic carbocycles. The molecule has 1 unspecified atom stereocenters. The molecule has 2 rings (SSSR count). The minimum atomic E-state index is -1.26. The minimum absolute atomic E-state index is 0.00258. The van der Waals surface area contributed by atoms with Crippen LogP contribution in [0.2, 0.25) is 0 Å². The number of carbonyl (C=O) groups is 1. The number of hydrogen-bond acceptors (Lipinski definition) is 3. The van der Waals surface area contributed by atoms with Gasteiger partial charge in [-0.15, -0.1) is 0 Å². The largest absolute Gasteiger partial charge is 0.478 e. The maximum atomic E-state index is 13.5. The zero-order valence-electron chi connectivity index (χ0n) is 10.4. The summed E-state index contributed by atoms with van der Waals surface area (Å²) in [5, 5.41) is 11.9. The molecule has 2 N–H and O–H groups in total. The van der Waals surface area contributed by atoms with Gasteiger partial charge in [0, 0.05) is 6.54 Å². The zero-order valence-corrected chi connectivity index (χ0v) is 10.4. The number of nitrogens with one attached hydrogen (secondary N) is 1. The van der Waals surface area contributed by atoms with Gasteiger partial charge in [-0.25, -0.2) is 9.18 Å². The van der Waals surface area contributed by atoms with Crippen LogP contribution in [-0.4, -0.2) is 11.1 Å². The molecule has 0 fully saturated rings. The first-order valence-corrected chi connectivity index (χ1v) is 5.86. The number of carboxylic acids is 1. The van der Waals surface area contributed by atoms with Gasteiger partial charge in [-0.2, -0.15) is 0 Å². The summed E-state index contributed by atoms with van der Waals surface area (Å²) in [4.78, 5) is 10.7. The molecule has 0 aliphatic rings. The molecule has 100 valence electrons. The fourth-order valence-corrected chi connectivity index (χ4v) is 1.75. The van der Waals surface area contributed by atoms with E-state index >= 15 is 0 Å². The predicted octanol–water partition coefficient (Wildman–Crippen LogP) is 2.97. The highest BCUT2D eigenvalue weighted by atomic mass is 19.1. The number of halogens is 1. The Morgan fingerprint density at radius 1 is 1.47 bits per heavy atom. The molecular weight excluding hydrogens is 249 g/mol. The van der Waals surface area contributed by atoms with Crippen molar-refractivity contribution in [2.75, 3.05) is 0 Å². The summed E-state index contributed by atoms with van der Waals surface area (Å²) in [7, 11) is 0. The Morgan fingerprint density at radius 3 is 2.84 bits per heavy atom. The third-order valence-electron chi connectivity index (χ3n) is 2.85. The van der Waals surface area contributed by atoms with E-state index in [0.717, 1.165) is 5.76 Å². The molecule has 5 heteroatoms. The second kappa shape index (κ2) is 5.67. The standard InChI is InChI=1S/C14H14FNO3/c1-9(13-3-2-6-19-13)16-8-10-4-5-11(14(17)18)12(15)7-10/h2-7,9,16H,8H2,1H3,(H,17,18). The Labute approximate surface area is 109 Å². The van der Waals surface area contributed by atoms with E-state index in [1.165, 1.54) is 12.1 Å². The van der Waals surface area contributed by atoms with Crippen LogP contribution in [0.25, 0.3) is 0 Å². The van der Waals surface area contributed by atoms with E-state index in [1.807, 2.05) is 13.0 Å². The molecule has 0 saturated heterocycles. The lowest BCUT2D eigenvalue weighted by Gasteiger charge is -2.11. The van der Waals surface area contributed by atoms with E-state index in [4.69, 9.17) is 9.52 Å². The lowest BCUT2D eigenvalue weighted by atomic mass is 10.1. The van der Waals surface area contributed by atoms with Crippen LogP contribution in [0.3, 0.4) is 0 Å². The number of aromatic carboxylic acids is 1. The maximum absolute atomic E-state index is 13.5. The van der Waals surface area contributed by atoms with E-state index < -0.39 is 11.8 Å². The van der Waals surface area contributed by atoms with E-state index in [2.05, 4.69) is 5.32 Å². The van der Waals surface area contributed by atoms with Crippen molar-refractivity contribution in [1.29, 1.82) is 0 Å². The van der Waals surface area contributed by atoms with E-state index in [9.17, 15) is 9.18 Å². The lowest BCUT2D eigenvalue weighted by molar-refractivity contribution is 0.0692. The van der Waals surface area contributed by atoms with Crippen LogP contribution >= 0.6 is 0 Å². The Kier molecular flexibility index (Phi) is 3.97. The summed E-state index contributed by atoms with van der Waals surface area (Å²) in [6.45, 7) is 2.36. The lowest BCUT2D eigenvalue weighted by Crippen LogP contribution is -2.17. The smallest absolute Gasteiger partial charge is 0.338 e. The molecule has 0 amide bonds. The average Bonchev–Trinajstić information content (AvgIpc) is 2.89. The summed E-state index contributed by atoms with van der Waals surface area (Å²) >= 11 is 0. The molecular formula is C14H14FNO3. The third kappa shape index (κ3) is 3.20. The molecule has 1 atom stereocenters. The van der Waals surface area contributed by atoms with Crippen molar-refractivity contribution < 1.29 is 18.7 Å². The normalized spacial score (nSPS) is 12.3. The van der Waals surface area contributed by atoms with Crippen LogP contribution in [0.4, 0.5) is 4.39 Å². The fraction of sp³-hybridized carbons (Fsp3) is 0.214. The second-order valence-electron chi connectivity index (χ2n) is 4.24. The van der Waals surface area contributed by atoms with Gasteiger partial charge in [-0.1, -0.05) is 6.07 Å². The first-order valence-electron chi connectivity index (χ1n) is 5.86. The quantitative estimate of drug-likeness (QED) is 0.870. The van der Waals surface area contributed by atoms with Gasteiger partial charge < -0.3 is 14.8 Å². The van der Waals surface area contributed by atoms with Crippen molar-refractivity contribution in [2.24, 2.45) is 0 Å². The van der Waals surface area contributed by atoms with E-state index in [-0.39, 0.29) is 11.6 Å². The van der Waals surface area contributed by atoms with Crippen LogP contribution in [0.5, 0.6) is 0 Å². The Bertz CT molecular complexity index is 566. The first kappa shape index (κ1) is 13.3. The summed E-state index contributed by atoms with van der Waals surface area (Å²) in [6, 6.07) is 7.74. The summed E-state index contributed by atoms with van der Waals surface area (Å²) in [5.74, 6) is -1.19. The molecule has 4 nitrogen and oxygen atoms in total. The molecule has 0 aliphatic heterocycles. The van der Waals surface area contributed by atoms with Crippen molar-refractivity contribution in [3.63, 3.8) is 0 Å². The number of hydrogen-bond donors (Lipinski definition) is 2. The Balaban J connectivity index is 2.00. The van der Waals surface area contributed by atoms with Crippen molar-refractivity contribution in [2.45, 2.75) is 19.5 Å². The van der Waals surface area contributed by atoms with Crippen LogP contribution in [0, 0.1) is 5.82 Å². The highest BCUT2D eigenvalue weighted by Crippen LogP contribution is 2.15. The van der Waals surface area contributed by atoms with Gasteiger partial charge in [-0.3, -0.25) is 0 Å². The molecule has 19 heavy (non-hydrogen) atoms.